The minimum absolute atomic E-state index is 0.00791. The summed E-state index contributed by atoms with van der Waals surface area (Å²) in [5, 5.41) is 12.7. The maximum Gasteiger partial charge on any atom is 0.246 e. The Kier molecular flexibility index (Phi) is 4.41. The van der Waals surface area contributed by atoms with Crippen LogP contribution in [-0.2, 0) is 4.79 Å². The van der Waals surface area contributed by atoms with Gasteiger partial charge in [0.05, 0.1) is 7.11 Å². The number of amides is 1. The number of hydrogen-bond donors (Lipinski definition) is 2. The number of methoxy groups -OCH3 is 1. The van der Waals surface area contributed by atoms with E-state index in [9.17, 15) is 9.90 Å². The molecule has 5 heteroatoms. The molecule has 2 N–H and O–H groups in total. The van der Waals surface area contributed by atoms with Crippen LogP contribution in [0.25, 0.3) is 6.08 Å². The molecule has 0 aromatic heterocycles. The lowest BCUT2D eigenvalue weighted by Gasteiger charge is -2.26. The predicted octanol–water partition coefficient (Wildman–Crippen LogP) is 0.846. The van der Waals surface area contributed by atoms with Gasteiger partial charge in [0.15, 0.2) is 11.5 Å². The van der Waals surface area contributed by atoms with E-state index in [0.717, 1.165) is 31.7 Å². The summed E-state index contributed by atoms with van der Waals surface area (Å²) in [7, 11) is 1.49. The van der Waals surface area contributed by atoms with E-state index in [2.05, 4.69) is 5.32 Å². The van der Waals surface area contributed by atoms with E-state index in [0.29, 0.717) is 5.75 Å². The summed E-state index contributed by atoms with van der Waals surface area (Å²) in [5.41, 5.74) is 0.818. The smallest absolute Gasteiger partial charge is 0.246 e. The SMILES string of the molecule is COc1cc(/C=C\C(=O)N2CCNCC2)ccc1O. The molecule has 0 radical (unpaired) electrons. The lowest BCUT2D eigenvalue weighted by Crippen LogP contribution is -2.45. The molecule has 1 aliphatic heterocycles. The van der Waals surface area contributed by atoms with E-state index in [1.54, 1.807) is 30.4 Å². The average molecular weight is 262 g/mol. The Morgan fingerprint density at radius 1 is 1.42 bits per heavy atom. The van der Waals surface area contributed by atoms with Crippen LogP contribution in [0.15, 0.2) is 24.3 Å². The van der Waals surface area contributed by atoms with Crippen molar-refractivity contribution < 1.29 is 14.6 Å². The number of aromatic hydroxyl groups is 1. The number of carbonyl (C=O) groups excluding carboxylic acids is 1. The second-order valence-corrected chi connectivity index (χ2v) is 4.34. The van der Waals surface area contributed by atoms with Gasteiger partial charge in [-0.1, -0.05) is 6.07 Å². The van der Waals surface area contributed by atoms with Gasteiger partial charge in [-0.15, -0.1) is 0 Å². The molecule has 0 spiro atoms. The van der Waals surface area contributed by atoms with Crippen molar-refractivity contribution >= 4 is 12.0 Å². The third-order valence-corrected chi connectivity index (χ3v) is 3.05. The summed E-state index contributed by atoms with van der Waals surface area (Å²) in [5.74, 6) is 0.499. The molecule has 1 saturated heterocycles. The molecular weight excluding hydrogens is 244 g/mol. The van der Waals surface area contributed by atoms with Gasteiger partial charge in [-0.05, 0) is 23.8 Å². The highest BCUT2D eigenvalue weighted by atomic mass is 16.5. The summed E-state index contributed by atoms with van der Waals surface area (Å²) in [4.78, 5) is 13.7. The molecule has 0 bridgehead atoms. The molecule has 5 nitrogen and oxygen atoms in total. The van der Waals surface area contributed by atoms with Crippen molar-refractivity contribution in [2.45, 2.75) is 0 Å². The number of phenolic OH excluding ortho intramolecular Hbond substituents is 1. The number of nitrogens with one attached hydrogen (secondary N) is 1. The summed E-state index contributed by atoms with van der Waals surface area (Å²) in [6.07, 6.45) is 3.28. The fourth-order valence-corrected chi connectivity index (χ4v) is 1.96. The first-order valence-corrected chi connectivity index (χ1v) is 6.25. The van der Waals surface area contributed by atoms with Gasteiger partial charge in [0.2, 0.25) is 5.91 Å². The van der Waals surface area contributed by atoms with Gasteiger partial charge >= 0.3 is 0 Å². The number of hydrogen-bond acceptors (Lipinski definition) is 4. The predicted molar refractivity (Wildman–Crippen MR) is 73.1 cm³/mol. The maximum atomic E-state index is 11.9. The normalized spacial score (nSPS) is 15.7. The van der Waals surface area contributed by atoms with E-state index in [1.165, 1.54) is 7.11 Å². The van der Waals surface area contributed by atoms with Crippen molar-refractivity contribution in [1.29, 1.82) is 0 Å². The highest BCUT2D eigenvalue weighted by Gasteiger charge is 2.13. The third kappa shape index (κ3) is 3.48. The first-order valence-electron chi connectivity index (χ1n) is 6.25. The van der Waals surface area contributed by atoms with Crippen LogP contribution in [0.5, 0.6) is 11.5 Å². The van der Waals surface area contributed by atoms with Gasteiger partial charge in [0.1, 0.15) is 0 Å². The van der Waals surface area contributed by atoms with Crippen LogP contribution < -0.4 is 10.1 Å². The van der Waals surface area contributed by atoms with Crippen LogP contribution in [-0.4, -0.2) is 49.2 Å². The van der Waals surface area contributed by atoms with Gasteiger partial charge in [0, 0.05) is 32.3 Å². The number of phenols is 1. The number of carbonyl (C=O) groups is 1. The molecule has 1 heterocycles. The van der Waals surface area contributed by atoms with E-state index in [4.69, 9.17) is 4.74 Å². The molecule has 1 aliphatic rings. The van der Waals surface area contributed by atoms with Crippen LogP contribution >= 0.6 is 0 Å². The monoisotopic (exact) mass is 262 g/mol. The van der Waals surface area contributed by atoms with Crippen LogP contribution in [0.1, 0.15) is 5.56 Å². The van der Waals surface area contributed by atoms with Crippen molar-refractivity contribution in [1.82, 2.24) is 10.2 Å². The second kappa shape index (κ2) is 6.24. The molecule has 0 saturated carbocycles. The number of benzene rings is 1. The molecule has 0 unspecified atom stereocenters. The van der Waals surface area contributed by atoms with Crippen molar-refractivity contribution in [3.63, 3.8) is 0 Å². The zero-order valence-electron chi connectivity index (χ0n) is 10.9. The fraction of sp³-hybridized carbons (Fsp3) is 0.357. The summed E-state index contributed by atoms with van der Waals surface area (Å²) in [6, 6.07) is 4.98. The minimum Gasteiger partial charge on any atom is -0.504 e. The van der Waals surface area contributed by atoms with Gasteiger partial charge in [-0.2, -0.15) is 0 Å². The lowest BCUT2D eigenvalue weighted by molar-refractivity contribution is -0.126. The number of nitrogens with zero attached hydrogens (tertiary/aromatic N) is 1. The molecule has 1 aromatic carbocycles. The Balaban J connectivity index is 2.03. The molecule has 1 amide bonds. The van der Waals surface area contributed by atoms with E-state index in [1.807, 2.05) is 4.90 Å². The molecule has 102 valence electrons. The van der Waals surface area contributed by atoms with Crippen molar-refractivity contribution in [2.24, 2.45) is 0 Å². The Labute approximate surface area is 112 Å². The third-order valence-electron chi connectivity index (χ3n) is 3.05. The molecule has 0 atom stereocenters. The highest BCUT2D eigenvalue weighted by Crippen LogP contribution is 2.26. The molecular formula is C14H18N2O3. The maximum absolute atomic E-state index is 11.9. The van der Waals surface area contributed by atoms with Gasteiger partial charge in [-0.3, -0.25) is 4.79 Å². The van der Waals surface area contributed by atoms with Crippen molar-refractivity contribution in [2.75, 3.05) is 33.3 Å². The molecule has 0 aliphatic carbocycles. The van der Waals surface area contributed by atoms with Crippen LogP contribution in [0.2, 0.25) is 0 Å². The van der Waals surface area contributed by atoms with Gasteiger partial charge in [0.25, 0.3) is 0 Å². The second-order valence-electron chi connectivity index (χ2n) is 4.34. The average Bonchev–Trinajstić information content (AvgIpc) is 2.47. The zero-order valence-corrected chi connectivity index (χ0v) is 10.9. The number of rotatable bonds is 3. The Morgan fingerprint density at radius 3 is 2.84 bits per heavy atom. The number of piperazine rings is 1. The van der Waals surface area contributed by atoms with Gasteiger partial charge in [-0.25, -0.2) is 0 Å². The highest BCUT2D eigenvalue weighted by molar-refractivity contribution is 5.92. The first-order chi connectivity index (χ1) is 9.20. The zero-order chi connectivity index (χ0) is 13.7. The topological polar surface area (TPSA) is 61.8 Å². The largest absolute Gasteiger partial charge is 0.504 e. The quantitative estimate of drug-likeness (QED) is 0.793. The van der Waals surface area contributed by atoms with Crippen LogP contribution in [0, 0.1) is 0 Å². The molecule has 2 rings (SSSR count). The standard InChI is InChI=1S/C14H18N2O3/c1-19-13-10-11(2-4-12(13)17)3-5-14(18)16-8-6-15-7-9-16/h2-5,10,15,17H,6-9H2,1H3/b5-3-. The molecule has 19 heavy (non-hydrogen) atoms. The van der Waals surface area contributed by atoms with Crippen LogP contribution in [0.3, 0.4) is 0 Å². The summed E-state index contributed by atoms with van der Waals surface area (Å²) in [6.45, 7) is 3.16. The van der Waals surface area contributed by atoms with E-state index >= 15 is 0 Å². The number of ether oxygens (including phenoxy) is 1. The Bertz CT molecular complexity index is 480. The van der Waals surface area contributed by atoms with Crippen molar-refractivity contribution in [3.8, 4) is 11.5 Å². The van der Waals surface area contributed by atoms with E-state index < -0.39 is 0 Å². The fourth-order valence-electron chi connectivity index (χ4n) is 1.96. The lowest BCUT2D eigenvalue weighted by atomic mass is 10.2. The summed E-state index contributed by atoms with van der Waals surface area (Å²) >= 11 is 0. The minimum atomic E-state index is 0.00791. The van der Waals surface area contributed by atoms with E-state index in [-0.39, 0.29) is 11.7 Å². The molecule has 1 fully saturated rings. The van der Waals surface area contributed by atoms with Crippen LogP contribution in [0.4, 0.5) is 0 Å². The Hall–Kier alpha value is -2.01. The van der Waals surface area contributed by atoms with Gasteiger partial charge < -0.3 is 20.1 Å². The summed E-state index contributed by atoms with van der Waals surface area (Å²) < 4.78 is 5.02. The Morgan fingerprint density at radius 2 is 2.16 bits per heavy atom. The molecule has 1 aromatic rings. The van der Waals surface area contributed by atoms with Crippen molar-refractivity contribution in [3.05, 3.63) is 29.8 Å². The first kappa shape index (κ1) is 13.4.